The maximum Gasteiger partial charge on any atom is 0.329 e. The number of hydrogen-bond donors (Lipinski definition) is 3. The number of nitrogens with zero attached hydrogens (tertiary/aromatic N) is 3. The summed E-state index contributed by atoms with van der Waals surface area (Å²) in [6.07, 6.45) is 7.39. The maximum absolute atomic E-state index is 13.4. The molecule has 5 aliphatic rings. The molecule has 3 aliphatic carbocycles. The van der Waals surface area contributed by atoms with Crippen LogP contribution in [-0.4, -0.2) is 55.8 Å². The van der Waals surface area contributed by atoms with Crippen LogP contribution in [0.15, 0.2) is 23.0 Å². The second-order valence-corrected chi connectivity index (χ2v) is 12.0. The van der Waals surface area contributed by atoms with Crippen molar-refractivity contribution in [1.82, 2.24) is 19.4 Å². The zero-order valence-electron chi connectivity index (χ0n) is 22.0. The van der Waals surface area contributed by atoms with Crippen LogP contribution in [0.3, 0.4) is 0 Å². The molecule has 5 fully saturated rings. The Morgan fingerprint density at radius 1 is 1.03 bits per heavy atom. The van der Waals surface area contributed by atoms with Crippen molar-refractivity contribution in [2.75, 3.05) is 13.1 Å². The molecule has 9 nitrogen and oxygen atoms in total. The topological polar surface area (TPSA) is 123 Å². The van der Waals surface area contributed by atoms with Gasteiger partial charge in [0.25, 0.3) is 0 Å². The number of carbonyl (C=O) groups is 2. The van der Waals surface area contributed by atoms with E-state index in [4.69, 9.17) is 5.73 Å². The smallest absolute Gasteiger partial charge is 0.329 e. The highest BCUT2D eigenvalue weighted by atomic mass is 16.3. The van der Waals surface area contributed by atoms with Gasteiger partial charge in [0.1, 0.15) is 12.3 Å². The summed E-state index contributed by atoms with van der Waals surface area (Å²) < 4.78 is 3.07. The number of piperidine rings is 2. The van der Waals surface area contributed by atoms with Crippen LogP contribution in [0.1, 0.15) is 75.8 Å². The number of benzene rings is 1. The molecule has 1 aromatic heterocycles. The van der Waals surface area contributed by atoms with Gasteiger partial charge < -0.3 is 21.1 Å². The molecule has 1 aromatic carbocycles. The van der Waals surface area contributed by atoms with Gasteiger partial charge in [-0.25, -0.2) is 4.79 Å². The lowest BCUT2D eigenvalue weighted by Gasteiger charge is -2.52. The van der Waals surface area contributed by atoms with Crippen LogP contribution in [-0.2, 0) is 16.6 Å². The molecular weight excluding hydrogens is 482 g/mol. The van der Waals surface area contributed by atoms with E-state index in [1.807, 2.05) is 18.2 Å². The first-order chi connectivity index (χ1) is 18.2. The number of imidazole rings is 1. The predicted molar refractivity (Wildman–Crippen MR) is 143 cm³/mol. The first-order valence-corrected chi connectivity index (χ1v) is 14.0. The molecule has 2 saturated heterocycles. The van der Waals surface area contributed by atoms with Crippen molar-refractivity contribution in [3.63, 3.8) is 0 Å². The van der Waals surface area contributed by atoms with Crippen LogP contribution >= 0.6 is 0 Å². The standard InChI is InChI=1S/C29H37N5O4/c1-32-23-18-20(4-5-21(23)34(27(32)38)22-6-7-24(35)31-25(22)36)3-2-19-8-16-33(17-9-19)26(37)28-10-13-29(30,14-11-28)15-12-28/h4-5,18-19,22,24,35H,6-17,30H2,1H3,(H,31,36). The second-order valence-electron chi connectivity index (χ2n) is 12.0. The molecule has 2 aliphatic heterocycles. The minimum Gasteiger partial charge on any atom is -0.374 e. The SMILES string of the molecule is Cn1c(=O)n(C2CCC(O)NC2=O)c2ccc(C#CC3CCN(C(=O)C45CCC(N)(CC4)CC5)CC3)cc21. The van der Waals surface area contributed by atoms with Crippen molar-refractivity contribution in [2.24, 2.45) is 24.1 Å². The minimum absolute atomic E-state index is 0.0311. The van der Waals surface area contributed by atoms with E-state index in [-0.39, 0.29) is 28.5 Å². The number of aliphatic hydroxyl groups is 1. The van der Waals surface area contributed by atoms with E-state index in [2.05, 4.69) is 22.1 Å². The van der Waals surface area contributed by atoms with E-state index >= 15 is 0 Å². The molecule has 2 unspecified atom stereocenters. The van der Waals surface area contributed by atoms with Gasteiger partial charge in [0.05, 0.1) is 11.0 Å². The Morgan fingerprint density at radius 3 is 2.37 bits per heavy atom. The molecule has 2 atom stereocenters. The molecule has 0 spiro atoms. The van der Waals surface area contributed by atoms with E-state index in [0.29, 0.717) is 24.3 Å². The van der Waals surface area contributed by atoms with E-state index < -0.39 is 12.3 Å². The number of amides is 2. The van der Waals surface area contributed by atoms with E-state index in [1.165, 1.54) is 4.57 Å². The molecule has 3 heterocycles. The van der Waals surface area contributed by atoms with Crippen molar-refractivity contribution >= 4 is 22.8 Å². The number of fused-ring (bicyclic) bond motifs is 4. The molecule has 202 valence electrons. The fraction of sp³-hybridized carbons (Fsp3) is 0.621. The predicted octanol–water partition coefficient (Wildman–Crippen LogP) is 1.75. The Labute approximate surface area is 222 Å². The quantitative estimate of drug-likeness (QED) is 0.522. The van der Waals surface area contributed by atoms with Crippen molar-refractivity contribution in [2.45, 2.75) is 82.0 Å². The third-order valence-electron chi connectivity index (χ3n) is 9.69. The lowest BCUT2D eigenvalue weighted by Crippen LogP contribution is -2.57. The largest absolute Gasteiger partial charge is 0.374 e. The number of rotatable bonds is 2. The van der Waals surface area contributed by atoms with Gasteiger partial charge in [-0.15, -0.1) is 0 Å². The van der Waals surface area contributed by atoms with Crippen LogP contribution in [0.2, 0.25) is 0 Å². The van der Waals surface area contributed by atoms with Crippen LogP contribution in [0.4, 0.5) is 0 Å². The highest BCUT2D eigenvalue weighted by Gasteiger charge is 2.52. The number of aromatic nitrogens is 2. The Morgan fingerprint density at radius 2 is 1.71 bits per heavy atom. The summed E-state index contributed by atoms with van der Waals surface area (Å²) in [4.78, 5) is 41.0. The Balaban J connectivity index is 1.13. The lowest BCUT2D eigenvalue weighted by molar-refractivity contribution is -0.150. The third-order valence-corrected chi connectivity index (χ3v) is 9.69. The first kappa shape index (κ1) is 25.2. The summed E-state index contributed by atoms with van der Waals surface area (Å²) >= 11 is 0. The van der Waals surface area contributed by atoms with Crippen molar-refractivity contribution in [1.29, 1.82) is 0 Å². The molecular formula is C29H37N5O4. The summed E-state index contributed by atoms with van der Waals surface area (Å²) in [6, 6.07) is 5.00. The summed E-state index contributed by atoms with van der Waals surface area (Å²) in [5.41, 5.74) is 8.20. The molecule has 2 amide bonds. The van der Waals surface area contributed by atoms with Crippen LogP contribution in [0.5, 0.6) is 0 Å². The van der Waals surface area contributed by atoms with Crippen molar-refractivity contribution < 1.29 is 14.7 Å². The van der Waals surface area contributed by atoms with Crippen LogP contribution in [0, 0.1) is 23.2 Å². The van der Waals surface area contributed by atoms with Crippen LogP contribution < -0.4 is 16.7 Å². The fourth-order valence-corrected chi connectivity index (χ4v) is 7.05. The van der Waals surface area contributed by atoms with Crippen LogP contribution in [0.25, 0.3) is 11.0 Å². The normalized spacial score (nSPS) is 31.7. The zero-order chi connectivity index (χ0) is 26.7. The lowest BCUT2D eigenvalue weighted by atomic mass is 9.57. The number of nitrogens with one attached hydrogen (secondary N) is 1. The van der Waals surface area contributed by atoms with Gasteiger partial charge >= 0.3 is 5.69 Å². The number of aryl methyl sites for hydroxylation is 1. The van der Waals surface area contributed by atoms with E-state index in [1.54, 1.807) is 11.6 Å². The Kier molecular flexibility index (Phi) is 6.15. The van der Waals surface area contributed by atoms with Gasteiger partial charge in [0, 0.05) is 42.6 Å². The average Bonchev–Trinajstić information content (AvgIpc) is 3.17. The molecule has 9 heteroatoms. The molecule has 2 bridgehead atoms. The summed E-state index contributed by atoms with van der Waals surface area (Å²) in [5.74, 6) is 6.92. The monoisotopic (exact) mass is 519 g/mol. The third kappa shape index (κ3) is 4.24. The molecule has 3 saturated carbocycles. The molecule has 38 heavy (non-hydrogen) atoms. The number of carbonyl (C=O) groups excluding carboxylic acids is 2. The Hall–Kier alpha value is -3.09. The molecule has 2 aromatic rings. The fourth-order valence-electron chi connectivity index (χ4n) is 7.05. The second kappa shape index (κ2) is 9.28. The number of likely N-dealkylation sites (tertiary alicyclic amines) is 1. The van der Waals surface area contributed by atoms with Gasteiger partial charge in [-0.3, -0.25) is 18.7 Å². The van der Waals surface area contributed by atoms with Crippen molar-refractivity contribution in [3.8, 4) is 11.8 Å². The summed E-state index contributed by atoms with van der Waals surface area (Å²) in [6.45, 7) is 1.50. The van der Waals surface area contributed by atoms with Gasteiger partial charge in [-0.2, -0.15) is 0 Å². The summed E-state index contributed by atoms with van der Waals surface area (Å²) in [5, 5.41) is 12.2. The number of hydrogen-bond acceptors (Lipinski definition) is 5. The summed E-state index contributed by atoms with van der Waals surface area (Å²) in [7, 11) is 1.70. The number of nitrogens with two attached hydrogens (primary N) is 1. The highest BCUT2D eigenvalue weighted by Crippen LogP contribution is 2.52. The van der Waals surface area contributed by atoms with Gasteiger partial charge in [-0.05, 0) is 82.4 Å². The average molecular weight is 520 g/mol. The number of aliphatic hydroxyl groups excluding tert-OH is 1. The minimum atomic E-state index is -0.864. The van der Waals surface area contributed by atoms with Gasteiger partial charge in [0.2, 0.25) is 11.8 Å². The van der Waals surface area contributed by atoms with Crippen molar-refractivity contribution in [3.05, 3.63) is 34.2 Å². The first-order valence-electron chi connectivity index (χ1n) is 14.0. The van der Waals surface area contributed by atoms with E-state index in [9.17, 15) is 19.5 Å². The Bertz CT molecular complexity index is 1380. The van der Waals surface area contributed by atoms with Gasteiger partial charge in [-0.1, -0.05) is 11.8 Å². The maximum atomic E-state index is 13.4. The molecule has 0 radical (unpaired) electrons. The van der Waals surface area contributed by atoms with E-state index in [0.717, 1.165) is 75.5 Å². The molecule has 7 rings (SSSR count). The molecule has 4 N–H and O–H groups in total. The zero-order valence-corrected chi connectivity index (χ0v) is 22.0. The highest BCUT2D eigenvalue weighted by molar-refractivity contribution is 5.85. The van der Waals surface area contributed by atoms with Gasteiger partial charge in [0.15, 0.2) is 0 Å².